The molecule has 2 aromatic carbocycles. The minimum absolute atomic E-state index is 0. The van der Waals surface area contributed by atoms with Crippen LogP contribution < -0.4 is 0 Å². The largest absolute Gasteiger partial charge is 0.0613 e. The summed E-state index contributed by atoms with van der Waals surface area (Å²) in [5.41, 5.74) is 2.62. The van der Waals surface area contributed by atoms with Gasteiger partial charge in [-0.25, -0.2) is 0 Å². The van der Waals surface area contributed by atoms with Gasteiger partial charge < -0.3 is 0 Å². The molecule has 0 saturated heterocycles. The van der Waals surface area contributed by atoms with E-state index in [1.165, 1.54) is 33.7 Å². The Kier molecular flexibility index (Phi) is 4.72. The fourth-order valence-electron chi connectivity index (χ4n) is 2.93. The van der Waals surface area contributed by atoms with Gasteiger partial charge in [0.2, 0.25) is 0 Å². The Balaban J connectivity index is 0.00000132. The molecule has 0 spiro atoms. The number of fused-ring (bicyclic) bond motifs is 1. The molecule has 2 aliphatic rings. The van der Waals surface area contributed by atoms with Gasteiger partial charge in [0, 0.05) is 28.9 Å². The van der Waals surface area contributed by atoms with Gasteiger partial charge in [0.25, 0.3) is 0 Å². The molecule has 10 radical (unpaired) electrons. The SMILES string of the molecule is [CH]1[CH][CH][C](c2cccc3cccc([C]4[CH][CH][CH][CH]4)c23)[CH]1.[Fe]. The first-order valence-corrected chi connectivity index (χ1v) is 6.89. The molecule has 2 fully saturated rings. The van der Waals surface area contributed by atoms with E-state index in [0.29, 0.717) is 0 Å². The van der Waals surface area contributed by atoms with Crippen molar-refractivity contribution in [2.24, 2.45) is 0 Å². The summed E-state index contributed by atoms with van der Waals surface area (Å²) in [6.45, 7) is 0. The van der Waals surface area contributed by atoms with Gasteiger partial charge in [-0.1, -0.05) is 36.4 Å². The normalized spacial score (nSPS) is 20.0. The van der Waals surface area contributed by atoms with Crippen molar-refractivity contribution >= 4 is 10.8 Å². The minimum atomic E-state index is 0. The van der Waals surface area contributed by atoms with E-state index in [-0.39, 0.29) is 17.1 Å². The molecule has 0 amide bonds. The molecule has 0 N–H and O–H groups in total. The number of benzene rings is 2. The van der Waals surface area contributed by atoms with E-state index >= 15 is 0 Å². The van der Waals surface area contributed by atoms with Gasteiger partial charge in [-0.05, 0) is 73.3 Å². The molecule has 2 aromatic rings. The zero-order chi connectivity index (χ0) is 13.4. The quantitative estimate of drug-likeness (QED) is 0.724. The summed E-state index contributed by atoms with van der Waals surface area (Å²) >= 11 is 0. The molecule has 0 heterocycles. The Hall–Kier alpha value is -0.781. The topological polar surface area (TPSA) is 0 Å². The van der Waals surface area contributed by atoms with Gasteiger partial charge in [-0.3, -0.25) is 0 Å². The third-order valence-electron chi connectivity index (χ3n) is 3.85. The Bertz CT molecular complexity index is 554. The maximum atomic E-state index is 2.21. The molecule has 0 bridgehead atoms. The average molecular weight is 310 g/mol. The summed E-state index contributed by atoms with van der Waals surface area (Å²) in [6.07, 6.45) is 17.1. The summed E-state index contributed by atoms with van der Waals surface area (Å²) in [5.74, 6) is 2.57. The van der Waals surface area contributed by atoms with Crippen molar-refractivity contribution < 1.29 is 17.1 Å². The monoisotopic (exact) mass is 310 g/mol. The second kappa shape index (κ2) is 6.55. The van der Waals surface area contributed by atoms with Crippen molar-refractivity contribution in [2.45, 2.75) is 0 Å². The standard InChI is InChI=1S/C20H14.Fe/c1-2-8-15(7-1)18-13-5-11-17-12-6-14-19(20(17)18)16-9-3-4-10-16;/h1-14H;. The zero-order valence-corrected chi connectivity index (χ0v) is 12.5. The smallest absolute Gasteiger partial charge is 0.0130 e. The third-order valence-corrected chi connectivity index (χ3v) is 3.85. The molecule has 0 aliphatic heterocycles. The maximum absolute atomic E-state index is 2.21. The van der Waals surface area contributed by atoms with E-state index in [0.717, 1.165) is 0 Å². The van der Waals surface area contributed by atoms with Crippen molar-refractivity contribution in [3.63, 3.8) is 0 Å². The second-order valence-electron chi connectivity index (χ2n) is 5.06. The molecular formula is C20H14Fe. The van der Waals surface area contributed by atoms with Crippen LogP contribution in [-0.4, -0.2) is 0 Å². The average Bonchev–Trinajstić information content (AvgIpc) is 3.19. The van der Waals surface area contributed by atoms with E-state index in [1.54, 1.807) is 0 Å². The zero-order valence-electron chi connectivity index (χ0n) is 11.4. The molecular weight excluding hydrogens is 296 g/mol. The van der Waals surface area contributed by atoms with Crippen molar-refractivity contribution in [3.05, 3.63) is 111 Å². The molecule has 0 unspecified atom stereocenters. The number of rotatable bonds is 2. The van der Waals surface area contributed by atoms with Gasteiger partial charge >= 0.3 is 0 Å². The van der Waals surface area contributed by atoms with E-state index in [2.05, 4.69) is 87.8 Å². The van der Waals surface area contributed by atoms with Crippen LogP contribution in [0.25, 0.3) is 10.8 Å². The third kappa shape index (κ3) is 2.79. The van der Waals surface area contributed by atoms with E-state index in [9.17, 15) is 0 Å². The van der Waals surface area contributed by atoms with E-state index in [1.807, 2.05) is 0 Å². The minimum Gasteiger partial charge on any atom is -0.0613 e. The first kappa shape index (κ1) is 15.1. The van der Waals surface area contributed by atoms with Crippen LogP contribution in [0.4, 0.5) is 0 Å². The van der Waals surface area contributed by atoms with Crippen LogP contribution >= 0.6 is 0 Å². The van der Waals surface area contributed by atoms with Gasteiger partial charge in [-0.2, -0.15) is 0 Å². The molecule has 2 saturated carbocycles. The van der Waals surface area contributed by atoms with Crippen LogP contribution in [0, 0.1) is 63.2 Å². The molecule has 2 aliphatic carbocycles. The fourth-order valence-corrected chi connectivity index (χ4v) is 2.93. The number of hydrogen-bond donors (Lipinski definition) is 0. The Morgan fingerprint density at radius 2 is 0.952 bits per heavy atom. The van der Waals surface area contributed by atoms with Crippen LogP contribution in [0.2, 0.25) is 0 Å². The van der Waals surface area contributed by atoms with Crippen LogP contribution in [0.1, 0.15) is 11.1 Å². The fraction of sp³-hybridized carbons (Fsp3) is 0. The second-order valence-corrected chi connectivity index (χ2v) is 5.06. The van der Waals surface area contributed by atoms with Crippen LogP contribution in [0.3, 0.4) is 0 Å². The molecule has 0 nitrogen and oxygen atoms in total. The van der Waals surface area contributed by atoms with Crippen LogP contribution in [0.15, 0.2) is 36.4 Å². The Morgan fingerprint density at radius 1 is 0.524 bits per heavy atom. The van der Waals surface area contributed by atoms with Crippen molar-refractivity contribution in [2.75, 3.05) is 0 Å². The van der Waals surface area contributed by atoms with Crippen LogP contribution in [-0.2, 0) is 17.1 Å². The Morgan fingerprint density at radius 3 is 1.38 bits per heavy atom. The summed E-state index contributed by atoms with van der Waals surface area (Å²) in [6, 6.07) is 13.1. The van der Waals surface area contributed by atoms with Gasteiger partial charge in [0.1, 0.15) is 0 Å². The summed E-state index contributed by atoms with van der Waals surface area (Å²) in [4.78, 5) is 0. The first-order chi connectivity index (χ1) is 9.93. The molecule has 1 heteroatoms. The predicted molar refractivity (Wildman–Crippen MR) is 83.0 cm³/mol. The van der Waals surface area contributed by atoms with Crippen molar-refractivity contribution in [1.82, 2.24) is 0 Å². The van der Waals surface area contributed by atoms with Crippen LogP contribution in [0.5, 0.6) is 0 Å². The molecule has 0 aromatic heterocycles. The van der Waals surface area contributed by atoms with Gasteiger partial charge in [0.15, 0.2) is 0 Å². The van der Waals surface area contributed by atoms with E-state index < -0.39 is 0 Å². The van der Waals surface area contributed by atoms with Gasteiger partial charge in [-0.15, -0.1) is 0 Å². The molecule has 21 heavy (non-hydrogen) atoms. The predicted octanol–water partition coefficient (Wildman–Crippen LogP) is 4.34. The van der Waals surface area contributed by atoms with Gasteiger partial charge in [0.05, 0.1) is 0 Å². The summed E-state index contributed by atoms with van der Waals surface area (Å²) in [7, 11) is 0. The molecule has 0 atom stereocenters. The first-order valence-electron chi connectivity index (χ1n) is 6.89. The summed E-state index contributed by atoms with van der Waals surface area (Å²) < 4.78 is 0. The van der Waals surface area contributed by atoms with Crippen molar-refractivity contribution in [1.29, 1.82) is 0 Å². The number of hydrogen-bond acceptors (Lipinski definition) is 0. The molecule has 102 valence electrons. The Labute approximate surface area is 138 Å². The molecule has 4 rings (SSSR count). The van der Waals surface area contributed by atoms with E-state index in [4.69, 9.17) is 0 Å². The maximum Gasteiger partial charge on any atom is 0.0130 e. The summed E-state index contributed by atoms with van der Waals surface area (Å²) in [5, 5.41) is 2.63. The van der Waals surface area contributed by atoms with Crippen molar-refractivity contribution in [3.8, 4) is 0 Å².